The van der Waals surface area contributed by atoms with Gasteiger partial charge in [0.2, 0.25) is 0 Å². The Kier molecular flexibility index (Phi) is 36.4. The second-order valence-electron chi connectivity index (χ2n) is 8.10. The Morgan fingerprint density at radius 3 is 1.18 bits per heavy atom. The van der Waals surface area contributed by atoms with E-state index in [1.54, 1.807) is 13.8 Å². The minimum Gasteiger partial charge on any atom is -0.550 e. The van der Waals surface area contributed by atoms with Gasteiger partial charge in [-0.15, -0.1) is 0 Å². The fraction of sp³-hybridized carbons (Fsp3) is 0.833. The van der Waals surface area contributed by atoms with Crippen LogP contribution in [0.15, 0.2) is 0 Å². The molecular weight excluding hydrogens is 478 g/mol. The molecule has 0 rings (SSSR count). The number of carboxylic acids is 2. The van der Waals surface area contributed by atoms with Crippen LogP contribution in [0.5, 0.6) is 0 Å². The molecule has 0 fully saturated rings. The first-order valence-corrected chi connectivity index (χ1v) is 11.9. The molecule has 0 bridgehead atoms. The topological polar surface area (TPSA) is 133 Å². The summed E-state index contributed by atoms with van der Waals surface area (Å²) in [6.45, 7) is 7.88. The smallest absolute Gasteiger partial charge is 0.550 e. The predicted molar refractivity (Wildman–Crippen MR) is 117 cm³/mol. The number of hydrogen-bond acceptors (Lipinski definition) is 8. The average Bonchev–Trinajstić information content (AvgIpc) is 2.66. The van der Waals surface area contributed by atoms with Crippen LogP contribution in [0, 0.1) is 0 Å². The van der Waals surface area contributed by atoms with Gasteiger partial charge in [-0.1, -0.05) is 65.2 Å². The number of aliphatic carboxylic acids is 2. The summed E-state index contributed by atoms with van der Waals surface area (Å²) in [6.07, 6.45) is 11.5. The van der Waals surface area contributed by atoms with E-state index in [9.17, 15) is 29.4 Å². The molecule has 0 aliphatic rings. The first-order chi connectivity index (χ1) is 15.1. The molecule has 0 saturated heterocycles. The van der Waals surface area contributed by atoms with Crippen LogP contribution < -0.4 is 91.2 Å². The van der Waals surface area contributed by atoms with E-state index in [1.807, 2.05) is 0 Å². The molecule has 0 spiro atoms. The number of carbonyl (C=O) groups is 4. The maximum Gasteiger partial charge on any atom is 1.00 e. The van der Waals surface area contributed by atoms with Gasteiger partial charge in [-0.25, -0.2) is 0 Å². The van der Waals surface area contributed by atoms with E-state index in [4.69, 9.17) is 9.47 Å². The van der Waals surface area contributed by atoms with Crippen molar-refractivity contribution in [2.24, 2.45) is 0 Å². The first kappa shape index (κ1) is 41.6. The van der Waals surface area contributed by atoms with E-state index in [0.29, 0.717) is 0 Å². The van der Waals surface area contributed by atoms with Gasteiger partial charge in [0.25, 0.3) is 0 Å². The number of ether oxygens (including phenoxy) is 2. The zero-order chi connectivity index (χ0) is 24.8. The third-order valence-corrected chi connectivity index (χ3v) is 4.67. The van der Waals surface area contributed by atoms with Gasteiger partial charge in [0.15, 0.2) is 0 Å². The standard InChI is InChI=1S/2C12H22O4.K.Na/c2*1-3-4-5-6-7-8-10(2)16-12(15)9-11(13)14;;/h2*10H,3-9H2,1-2H3,(H,13,14);;/q;;2*+1/p-2. The van der Waals surface area contributed by atoms with Crippen LogP contribution >= 0.6 is 0 Å². The van der Waals surface area contributed by atoms with Crippen molar-refractivity contribution in [2.75, 3.05) is 0 Å². The molecule has 2 unspecified atom stereocenters. The first-order valence-electron chi connectivity index (χ1n) is 11.9. The second-order valence-corrected chi connectivity index (χ2v) is 8.10. The van der Waals surface area contributed by atoms with E-state index in [2.05, 4.69) is 13.8 Å². The van der Waals surface area contributed by atoms with E-state index in [-0.39, 0.29) is 93.1 Å². The Hall–Kier alpha value is 0.516. The zero-order valence-corrected chi connectivity index (χ0v) is 27.4. The molecule has 0 aromatic rings. The molecule has 0 aliphatic heterocycles. The molecule has 34 heavy (non-hydrogen) atoms. The van der Waals surface area contributed by atoms with Gasteiger partial charge in [-0.3, -0.25) is 9.59 Å². The molecule has 0 radical (unpaired) electrons. The molecule has 2 atom stereocenters. The van der Waals surface area contributed by atoms with Crippen LogP contribution in [0.25, 0.3) is 0 Å². The van der Waals surface area contributed by atoms with Crippen LogP contribution in [0.3, 0.4) is 0 Å². The molecule has 0 aliphatic carbocycles. The van der Waals surface area contributed by atoms with Crippen molar-refractivity contribution in [1.82, 2.24) is 0 Å². The summed E-state index contributed by atoms with van der Waals surface area (Å²) in [7, 11) is 0. The molecule has 8 nitrogen and oxygen atoms in total. The zero-order valence-electron chi connectivity index (χ0n) is 22.3. The van der Waals surface area contributed by atoms with Gasteiger partial charge in [0, 0.05) is 0 Å². The van der Waals surface area contributed by atoms with Crippen molar-refractivity contribution in [2.45, 2.75) is 130 Å². The van der Waals surface area contributed by atoms with Crippen molar-refractivity contribution in [1.29, 1.82) is 0 Å². The van der Waals surface area contributed by atoms with Gasteiger partial charge < -0.3 is 29.3 Å². The van der Waals surface area contributed by atoms with Gasteiger partial charge in [0.05, 0.1) is 37.0 Å². The van der Waals surface area contributed by atoms with Crippen molar-refractivity contribution in [3.63, 3.8) is 0 Å². The number of esters is 2. The Labute approximate surface area is 270 Å². The number of carbonyl (C=O) groups excluding carboxylic acids is 4. The minimum absolute atomic E-state index is 0. The van der Waals surface area contributed by atoms with Crippen LogP contribution in [-0.4, -0.2) is 36.1 Å². The average molecular weight is 521 g/mol. The summed E-state index contributed by atoms with van der Waals surface area (Å²) in [6, 6.07) is 0. The van der Waals surface area contributed by atoms with Crippen LogP contribution in [0.2, 0.25) is 0 Å². The Morgan fingerprint density at radius 1 is 0.618 bits per heavy atom. The summed E-state index contributed by atoms with van der Waals surface area (Å²) in [4.78, 5) is 42.1. The molecule has 0 N–H and O–H groups in total. The SMILES string of the molecule is CCCCCCCC(C)OC(=O)CC(=O)[O-].CCCCCCCC(C)OC(=O)CC(=O)[O-].[K+].[Na+]. The Morgan fingerprint density at radius 2 is 0.912 bits per heavy atom. The maximum absolute atomic E-state index is 11.0. The monoisotopic (exact) mass is 520 g/mol. The third-order valence-electron chi connectivity index (χ3n) is 4.67. The fourth-order valence-corrected chi connectivity index (χ4v) is 2.96. The second kappa shape index (κ2) is 29.7. The van der Waals surface area contributed by atoms with Crippen LogP contribution in [0.4, 0.5) is 0 Å². The molecule has 0 amide bonds. The summed E-state index contributed by atoms with van der Waals surface area (Å²) >= 11 is 0. The molecule has 0 aromatic heterocycles. The van der Waals surface area contributed by atoms with Crippen LogP contribution in [-0.2, 0) is 28.7 Å². The molecule has 10 heteroatoms. The largest absolute Gasteiger partial charge is 1.00 e. The number of unbranched alkanes of at least 4 members (excludes halogenated alkanes) is 8. The number of hydrogen-bond donors (Lipinski definition) is 0. The third kappa shape index (κ3) is 34.7. The van der Waals surface area contributed by atoms with Gasteiger partial charge in [-0.2, -0.15) is 0 Å². The fourth-order valence-electron chi connectivity index (χ4n) is 2.96. The van der Waals surface area contributed by atoms with Crippen molar-refractivity contribution in [3.8, 4) is 0 Å². The summed E-state index contributed by atoms with van der Waals surface area (Å²) in [5, 5.41) is 20.2. The van der Waals surface area contributed by atoms with Crippen molar-refractivity contribution < 1.29 is 120 Å². The normalized spacial score (nSPS) is 11.4. The molecule has 188 valence electrons. The van der Waals surface area contributed by atoms with Crippen LogP contribution in [0.1, 0.15) is 118 Å². The van der Waals surface area contributed by atoms with Gasteiger partial charge in [-0.05, 0) is 39.5 Å². The Bertz CT molecular complexity index is 485. The molecule has 0 aromatic carbocycles. The Balaban J connectivity index is -0.000000250. The van der Waals surface area contributed by atoms with Crippen molar-refractivity contribution in [3.05, 3.63) is 0 Å². The minimum atomic E-state index is -1.39. The predicted octanol–water partition coefficient (Wildman–Crippen LogP) is -3.15. The quantitative estimate of drug-likeness (QED) is 0.0801. The van der Waals surface area contributed by atoms with Crippen molar-refractivity contribution >= 4 is 23.9 Å². The van der Waals surface area contributed by atoms with Gasteiger partial charge in [0.1, 0.15) is 0 Å². The number of carboxylic acid groups (broad SMARTS) is 2. The summed E-state index contributed by atoms with van der Waals surface area (Å²) in [5.41, 5.74) is 0. The van der Waals surface area contributed by atoms with E-state index in [0.717, 1.165) is 38.5 Å². The number of rotatable bonds is 18. The molecule has 0 saturated carbocycles. The van der Waals surface area contributed by atoms with E-state index in [1.165, 1.54) is 38.5 Å². The maximum atomic E-state index is 11.0. The molecular formula is C24H42KNaO8. The summed E-state index contributed by atoms with van der Waals surface area (Å²) in [5.74, 6) is -4.19. The van der Waals surface area contributed by atoms with E-state index < -0.39 is 36.7 Å². The van der Waals surface area contributed by atoms with E-state index >= 15 is 0 Å². The molecule has 0 heterocycles. The summed E-state index contributed by atoms with van der Waals surface area (Å²) < 4.78 is 9.82. The van der Waals surface area contributed by atoms with Gasteiger partial charge >= 0.3 is 92.9 Å².